The van der Waals surface area contributed by atoms with E-state index in [1.807, 2.05) is 15.9 Å². The quantitative estimate of drug-likeness (QED) is 0.736. The van der Waals surface area contributed by atoms with Crippen LogP contribution in [0.15, 0.2) is 41.8 Å². The summed E-state index contributed by atoms with van der Waals surface area (Å²) in [5.41, 5.74) is 0.701. The number of amides is 2. The van der Waals surface area contributed by atoms with Crippen LogP contribution in [0, 0.1) is 11.7 Å². The smallest absolute Gasteiger partial charge is 0.234 e. The van der Waals surface area contributed by atoms with Crippen LogP contribution in [0.3, 0.4) is 0 Å². The van der Waals surface area contributed by atoms with E-state index >= 15 is 0 Å². The number of nitrogens with zero attached hydrogens (tertiary/aromatic N) is 2. The van der Waals surface area contributed by atoms with Gasteiger partial charge in [0.25, 0.3) is 0 Å². The van der Waals surface area contributed by atoms with E-state index in [9.17, 15) is 14.0 Å². The van der Waals surface area contributed by atoms with Crippen molar-refractivity contribution in [1.29, 1.82) is 0 Å². The van der Waals surface area contributed by atoms with Crippen LogP contribution < -0.4 is 0 Å². The Balaban J connectivity index is 1.20. The van der Waals surface area contributed by atoms with Gasteiger partial charge >= 0.3 is 0 Å². The lowest BCUT2D eigenvalue weighted by atomic mass is 9.82. The maximum atomic E-state index is 13.5. The second-order valence-corrected chi connectivity index (χ2v) is 9.83. The molecule has 1 saturated heterocycles. The van der Waals surface area contributed by atoms with Crippen molar-refractivity contribution in [3.05, 3.63) is 58.0 Å². The number of carbonyl (C=O) groups excluding carboxylic acids is 2. The van der Waals surface area contributed by atoms with Gasteiger partial charge in [0, 0.05) is 37.0 Å². The Morgan fingerprint density at radius 3 is 2.27 bits per heavy atom. The number of piperazine rings is 1. The molecule has 1 aliphatic heterocycles. The molecule has 6 heteroatoms. The fraction of sp³-hybridized carbons (Fsp3) is 0.500. The van der Waals surface area contributed by atoms with E-state index in [-0.39, 0.29) is 34.9 Å². The Morgan fingerprint density at radius 1 is 0.967 bits per heavy atom. The first-order chi connectivity index (χ1) is 14.6. The van der Waals surface area contributed by atoms with E-state index in [4.69, 9.17) is 0 Å². The SMILES string of the molecule is O=C(C1CC1c1ccc(F)cc1)N1CCN(C(=O)C2(c3cccs3)CCCC2)CC1. The highest BCUT2D eigenvalue weighted by molar-refractivity contribution is 7.10. The van der Waals surface area contributed by atoms with E-state index in [2.05, 4.69) is 11.4 Å². The van der Waals surface area contributed by atoms with Crippen LogP contribution in [-0.4, -0.2) is 47.8 Å². The van der Waals surface area contributed by atoms with Gasteiger partial charge in [-0.25, -0.2) is 4.39 Å². The molecular weight excluding hydrogens is 399 g/mol. The number of halogens is 1. The summed E-state index contributed by atoms with van der Waals surface area (Å²) in [6.07, 6.45) is 4.92. The highest BCUT2D eigenvalue weighted by Crippen LogP contribution is 2.49. The zero-order chi connectivity index (χ0) is 20.7. The molecule has 2 unspecified atom stereocenters. The third-order valence-electron chi connectivity index (χ3n) is 7.14. The molecule has 158 valence electrons. The average Bonchev–Trinajstić information content (AvgIpc) is 3.16. The van der Waals surface area contributed by atoms with Gasteiger partial charge in [-0.15, -0.1) is 11.3 Å². The fourth-order valence-electron chi connectivity index (χ4n) is 5.31. The number of benzene rings is 1. The number of hydrogen-bond donors (Lipinski definition) is 0. The minimum absolute atomic E-state index is 0.00464. The van der Waals surface area contributed by atoms with E-state index in [0.29, 0.717) is 26.2 Å². The number of carbonyl (C=O) groups is 2. The minimum Gasteiger partial charge on any atom is -0.339 e. The zero-order valence-electron chi connectivity index (χ0n) is 17.1. The van der Waals surface area contributed by atoms with E-state index in [0.717, 1.165) is 37.7 Å². The summed E-state index contributed by atoms with van der Waals surface area (Å²) in [4.78, 5) is 31.6. The van der Waals surface area contributed by atoms with Crippen LogP contribution in [0.1, 0.15) is 48.5 Å². The van der Waals surface area contributed by atoms with Gasteiger partial charge in [-0.1, -0.05) is 31.0 Å². The molecule has 1 aromatic carbocycles. The van der Waals surface area contributed by atoms with Gasteiger partial charge in [-0.3, -0.25) is 9.59 Å². The van der Waals surface area contributed by atoms with Crippen LogP contribution in [0.4, 0.5) is 4.39 Å². The van der Waals surface area contributed by atoms with Gasteiger partial charge in [0.2, 0.25) is 11.8 Å². The van der Waals surface area contributed by atoms with Gasteiger partial charge in [0.15, 0.2) is 0 Å². The molecule has 3 aliphatic rings. The summed E-state index contributed by atoms with van der Waals surface area (Å²) in [6, 6.07) is 10.6. The fourth-order valence-corrected chi connectivity index (χ4v) is 6.29. The van der Waals surface area contributed by atoms with Crippen LogP contribution in [0.5, 0.6) is 0 Å². The minimum atomic E-state index is -0.343. The molecule has 4 nitrogen and oxygen atoms in total. The summed E-state index contributed by atoms with van der Waals surface area (Å²) >= 11 is 1.69. The predicted molar refractivity (Wildman–Crippen MR) is 115 cm³/mol. The standard InChI is InChI=1S/C24H27FN2O2S/c25-18-7-5-17(6-8-18)19-16-20(19)22(28)26-11-13-27(14-12-26)23(29)24(9-1-2-10-24)21-4-3-15-30-21/h3-8,15,19-20H,1-2,9-14,16H2. The molecule has 0 spiro atoms. The van der Waals surface area contributed by atoms with Crippen LogP contribution in [0.2, 0.25) is 0 Å². The molecule has 0 radical (unpaired) electrons. The molecule has 0 N–H and O–H groups in total. The maximum Gasteiger partial charge on any atom is 0.234 e. The Labute approximate surface area is 180 Å². The molecule has 5 rings (SSSR count). The van der Waals surface area contributed by atoms with Gasteiger partial charge in [-0.2, -0.15) is 0 Å². The van der Waals surface area contributed by atoms with Crippen molar-refractivity contribution in [2.24, 2.45) is 5.92 Å². The van der Waals surface area contributed by atoms with Crippen molar-refractivity contribution in [2.75, 3.05) is 26.2 Å². The van der Waals surface area contributed by atoms with Crippen molar-refractivity contribution >= 4 is 23.2 Å². The summed E-state index contributed by atoms with van der Waals surface area (Å²) in [5, 5.41) is 2.06. The number of hydrogen-bond acceptors (Lipinski definition) is 3. The van der Waals surface area contributed by atoms with Crippen molar-refractivity contribution in [2.45, 2.75) is 43.4 Å². The molecule has 30 heavy (non-hydrogen) atoms. The molecular formula is C24H27FN2O2S. The summed E-state index contributed by atoms with van der Waals surface area (Å²) in [5.74, 6) is 0.407. The molecule has 0 bridgehead atoms. The molecule has 2 saturated carbocycles. The first kappa shape index (κ1) is 19.7. The molecule has 2 atom stereocenters. The largest absolute Gasteiger partial charge is 0.339 e. The second-order valence-electron chi connectivity index (χ2n) is 8.88. The third-order valence-corrected chi connectivity index (χ3v) is 8.22. The molecule has 3 fully saturated rings. The van der Waals surface area contributed by atoms with Gasteiger partial charge in [-0.05, 0) is 54.3 Å². The maximum absolute atomic E-state index is 13.5. The predicted octanol–water partition coefficient (Wildman–Crippen LogP) is 4.17. The number of thiophene rings is 1. The average molecular weight is 427 g/mol. The molecule has 1 aromatic heterocycles. The van der Waals surface area contributed by atoms with E-state index in [1.54, 1.807) is 23.5 Å². The molecule has 2 heterocycles. The first-order valence-electron chi connectivity index (χ1n) is 11.0. The van der Waals surface area contributed by atoms with E-state index in [1.165, 1.54) is 17.0 Å². The monoisotopic (exact) mass is 426 g/mol. The lowest BCUT2D eigenvalue weighted by molar-refractivity contribution is -0.143. The van der Waals surface area contributed by atoms with Crippen LogP contribution >= 0.6 is 11.3 Å². The normalized spacial score (nSPS) is 25.4. The molecule has 2 amide bonds. The summed E-state index contributed by atoms with van der Waals surface area (Å²) < 4.78 is 13.1. The third kappa shape index (κ3) is 3.45. The molecule has 2 aliphatic carbocycles. The number of rotatable bonds is 4. The van der Waals surface area contributed by atoms with Gasteiger partial charge in [0.1, 0.15) is 5.82 Å². The zero-order valence-corrected chi connectivity index (χ0v) is 17.9. The van der Waals surface area contributed by atoms with E-state index < -0.39 is 0 Å². The Kier molecular flexibility index (Phi) is 5.13. The molecule has 2 aromatic rings. The van der Waals surface area contributed by atoms with Crippen molar-refractivity contribution in [1.82, 2.24) is 9.80 Å². The van der Waals surface area contributed by atoms with Crippen LogP contribution in [0.25, 0.3) is 0 Å². The Bertz CT molecular complexity index is 913. The van der Waals surface area contributed by atoms with Crippen molar-refractivity contribution < 1.29 is 14.0 Å². The summed E-state index contributed by atoms with van der Waals surface area (Å²) in [7, 11) is 0. The topological polar surface area (TPSA) is 40.6 Å². The van der Waals surface area contributed by atoms with Crippen molar-refractivity contribution in [3.63, 3.8) is 0 Å². The highest BCUT2D eigenvalue weighted by Gasteiger charge is 2.48. The Hall–Kier alpha value is -2.21. The van der Waals surface area contributed by atoms with Crippen molar-refractivity contribution in [3.8, 4) is 0 Å². The first-order valence-corrected chi connectivity index (χ1v) is 11.8. The summed E-state index contributed by atoms with van der Waals surface area (Å²) in [6.45, 7) is 2.45. The van der Waals surface area contributed by atoms with Crippen LogP contribution in [-0.2, 0) is 15.0 Å². The second kappa shape index (κ2) is 7.80. The van der Waals surface area contributed by atoms with Gasteiger partial charge in [0.05, 0.1) is 5.41 Å². The van der Waals surface area contributed by atoms with Gasteiger partial charge < -0.3 is 9.80 Å². The lowest BCUT2D eigenvalue weighted by Crippen LogP contribution is -2.55. The lowest BCUT2D eigenvalue weighted by Gasteiger charge is -2.39. The Morgan fingerprint density at radius 2 is 1.63 bits per heavy atom. The highest BCUT2D eigenvalue weighted by atomic mass is 32.1.